The van der Waals surface area contributed by atoms with Crippen LogP contribution in [-0.4, -0.2) is 44.7 Å². The fourth-order valence-electron chi connectivity index (χ4n) is 3.71. The molecular weight excluding hydrogens is 302 g/mol. The van der Waals surface area contributed by atoms with Gasteiger partial charge in [-0.3, -0.25) is 4.79 Å². The minimum atomic E-state index is 0.0517. The van der Waals surface area contributed by atoms with E-state index in [4.69, 9.17) is 5.73 Å². The maximum Gasteiger partial charge on any atom is 0.255 e. The van der Waals surface area contributed by atoms with Gasteiger partial charge in [-0.15, -0.1) is 0 Å². The second kappa shape index (κ2) is 6.51. The largest absolute Gasteiger partial charge is 0.334 e. The van der Waals surface area contributed by atoms with Crippen LogP contribution >= 0.6 is 0 Å². The minimum Gasteiger partial charge on any atom is -0.334 e. The summed E-state index contributed by atoms with van der Waals surface area (Å²) in [5.74, 6) is 0.486. The highest BCUT2D eigenvalue weighted by molar-refractivity contribution is 6.05. The van der Waals surface area contributed by atoms with E-state index >= 15 is 0 Å². The van der Waals surface area contributed by atoms with Gasteiger partial charge < -0.3 is 10.6 Å². The van der Waals surface area contributed by atoms with Crippen LogP contribution in [-0.2, 0) is 0 Å². The molecule has 3 heterocycles. The van der Waals surface area contributed by atoms with Crippen LogP contribution in [0.5, 0.6) is 0 Å². The number of hydrogen-bond donors (Lipinski definition) is 1. The van der Waals surface area contributed by atoms with Crippen molar-refractivity contribution < 1.29 is 4.79 Å². The molecule has 1 fully saturated rings. The SMILES string of the molecule is Cc1cc(C(=O)N2CCC[C@@H](C)[C@H]2CN)c2cnn(C(C)C)c2n1. The van der Waals surface area contributed by atoms with E-state index in [1.165, 1.54) is 0 Å². The van der Waals surface area contributed by atoms with Crippen LogP contribution in [0.4, 0.5) is 0 Å². The Bertz CT molecular complexity index is 751. The Morgan fingerprint density at radius 1 is 1.46 bits per heavy atom. The topological polar surface area (TPSA) is 77.0 Å². The lowest BCUT2D eigenvalue weighted by molar-refractivity contribution is 0.0534. The molecule has 1 saturated heterocycles. The fraction of sp³-hybridized carbons (Fsp3) is 0.611. The lowest BCUT2D eigenvalue weighted by Crippen LogP contribution is -2.51. The summed E-state index contributed by atoms with van der Waals surface area (Å²) in [7, 11) is 0. The van der Waals surface area contributed by atoms with Crippen LogP contribution < -0.4 is 5.73 Å². The van der Waals surface area contributed by atoms with Gasteiger partial charge in [0.2, 0.25) is 0 Å². The van der Waals surface area contributed by atoms with Gasteiger partial charge in [-0.05, 0) is 45.6 Å². The van der Waals surface area contributed by atoms with Crippen molar-refractivity contribution in [3.05, 3.63) is 23.5 Å². The van der Waals surface area contributed by atoms with E-state index in [-0.39, 0.29) is 18.0 Å². The molecule has 1 aliphatic heterocycles. The lowest BCUT2D eigenvalue weighted by atomic mass is 9.90. The quantitative estimate of drug-likeness (QED) is 0.938. The van der Waals surface area contributed by atoms with E-state index in [2.05, 4.69) is 30.9 Å². The van der Waals surface area contributed by atoms with Crippen molar-refractivity contribution >= 4 is 16.9 Å². The van der Waals surface area contributed by atoms with Gasteiger partial charge in [0.25, 0.3) is 5.91 Å². The zero-order valence-corrected chi connectivity index (χ0v) is 15.0. The maximum absolute atomic E-state index is 13.3. The number of hydrogen-bond acceptors (Lipinski definition) is 4. The fourth-order valence-corrected chi connectivity index (χ4v) is 3.71. The van der Waals surface area contributed by atoms with Crippen LogP contribution in [0.1, 0.15) is 55.7 Å². The Balaban J connectivity index is 2.06. The number of likely N-dealkylation sites (tertiary alicyclic amines) is 1. The number of aryl methyl sites for hydroxylation is 1. The van der Waals surface area contributed by atoms with Crippen molar-refractivity contribution in [2.75, 3.05) is 13.1 Å². The Morgan fingerprint density at radius 2 is 2.21 bits per heavy atom. The van der Waals surface area contributed by atoms with Gasteiger partial charge >= 0.3 is 0 Å². The molecule has 2 aromatic rings. The van der Waals surface area contributed by atoms with Gasteiger partial charge in [0.15, 0.2) is 5.65 Å². The smallest absolute Gasteiger partial charge is 0.255 e. The third-order valence-electron chi connectivity index (χ3n) is 5.03. The Morgan fingerprint density at radius 3 is 2.88 bits per heavy atom. The average molecular weight is 329 g/mol. The van der Waals surface area contributed by atoms with Crippen LogP contribution in [0.15, 0.2) is 12.3 Å². The van der Waals surface area contributed by atoms with E-state index in [9.17, 15) is 4.79 Å². The summed E-state index contributed by atoms with van der Waals surface area (Å²) in [4.78, 5) is 19.8. The molecule has 2 N–H and O–H groups in total. The lowest BCUT2D eigenvalue weighted by Gasteiger charge is -2.39. The molecule has 1 amide bonds. The van der Waals surface area contributed by atoms with Gasteiger partial charge in [0, 0.05) is 30.9 Å². The van der Waals surface area contributed by atoms with Gasteiger partial charge in [-0.1, -0.05) is 6.92 Å². The van der Waals surface area contributed by atoms with Crippen molar-refractivity contribution in [2.24, 2.45) is 11.7 Å². The number of nitrogens with two attached hydrogens (primary N) is 1. The maximum atomic E-state index is 13.3. The van der Waals surface area contributed by atoms with E-state index in [1.807, 2.05) is 22.6 Å². The summed E-state index contributed by atoms with van der Waals surface area (Å²) < 4.78 is 1.87. The van der Waals surface area contributed by atoms with Gasteiger partial charge in [0.1, 0.15) is 0 Å². The van der Waals surface area contributed by atoms with Gasteiger partial charge in [-0.25, -0.2) is 9.67 Å². The second-order valence-electron chi connectivity index (χ2n) is 7.15. The Kier molecular flexibility index (Phi) is 4.58. The molecule has 130 valence electrons. The number of fused-ring (bicyclic) bond motifs is 1. The number of rotatable bonds is 3. The molecule has 6 nitrogen and oxygen atoms in total. The second-order valence-corrected chi connectivity index (χ2v) is 7.15. The number of nitrogens with zero attached hydrogens (tertiary/aromatic N) is 4. The Labute approximate surface area is 143 Å². The van der Waals surface area contributed by atoms with E-state index < -0.39 is 0 Å². The number of piperidine rings is 1. The molecular formula is C18H27N5O. The van der Waals surface area contributed by atoms with Crippen LogP contribution in [0.25, 0.3) is 11.0 Å². The van der Waals surface area contributed by atoms with Crippen LogP contribution in [0.2, 0.25) is 0 Å². The highest BCUT2D eigenvalue weighted by Gasteiger charge is 2.32. The number of amides is 1. The first-order valence-corrected chi connectivity index (χ1v) is 8.80. The number of carbonyl (C=O) groups is 1. The highest BCUT2D eigenvalue weighted by Crippen LogP contribution is 2.27. The molecule has 24 heavy (non-hydrogen) atoms. The third kappa shape index (κ3) is 2.79. The highest BCUT2D eigenvalue weighted by atomic mass is 16.2. The van der Waals surface area contributed by atoms with Crippen molar-refractivity contribution in [2.45, 2.75) is 52.6 Å². The first-order valence-electron chi connectivity index (χ1n) is 8.80. The molecule has 0 unspecified atom stereocenters. The van der Waals surface area contributed by atoms with Crippen LogP contribution in [0.3, 0.4) is 0 Å². The number of aromatic nitrogens is 3. The van der Waals surface area contributed by atoms with Gasteiger partial charge in [0.05, 0.1) is 17.1 Å². The standard InChI is InChI=1S/C18H27N5O/c1-11(2)23-17-15(10-20-23)14(8-13(4)21-17)18(24)22-7-5-6-12(3)16(22)9-19/h8,10-12,16H,5-7,9,19H2,1-4H3/t12-,16-/m1/s1. The van der Waals surface area contributed by atoms with E-state index in [1.54, 1.807) is 6.20 Å². The van der Waals surface area contributed by atoms with Crippen molar-refractivity contribution in [1.29, 1.82) is 0 Å². The molecule has 1 aliphatic rings. The normalized spacial score (nSPS) is 21.7. The molecule has 2 atom stereocenters. The first-order chi connectivity index (χ1) is 11.4. The number of pyridine rings is 1. The molecule has 0 aliphatic carbocycles. The Hall–Kier alpha value is -1.95. The monoisotopic (exact) mass is 329 g/mol. The molecule has 2 aromatic heterocycles. The zero-order valence-electron chi connectivity index (χ0n) is 15.0. The third-order valence-corrected chi connectivity index (χ3v) is 5.03. The van der Waals surface area contributed by atoms with Crippen molar-refractivity contribution in [3.63, 3.8) is 0 Å². The summed E-state index contributed by atoms with van der Waals surface area (Å²) >= 11 is 0. The summed E-state index contributed by atoms with van der Waals surface area (Å²) in [5, 5.41) is 5.26. The van der Waals surface area contributed by atoms with Crippen molar-refractivity contribution in [1.82, 2.24) is 19.7 Å². The molecule has 0 spiro atoms. The molecule has 0 saturated carbocycles. The molecule has 3 rings (SSSR count). The summed E-state index contributed by atoms with van der Waals surface area (Å²) in [6.45, 7) is 9.51. The van der Waals surface area contributed by atoms with E-state index in [0.717, 1.165) is 36.1 Å². The minimum absolute atomic E-state index is 0.0517. The number of carbonyl (C=O) groups excluding carboxylic acids is 1. The average Bonchev–Trinajstić information content (AvgIpc) is 2.97. The van der Waals surface area contributed by atoms with E-state index in [0.29, 0.717) is 18.0 Å². The predicted octanol–water partition coefficient (Wildman–Crippen LogP) is 2.52. The summed E-state index contributed by atoms with van der Waals surface area (Å²) in [6, 6.07) is 2.19. The van der Waals surface area contributed by atoms with Gasteiger partial charge in [-0.2, -0.15) is 5.10 Å². The molecule has 0 radical (unpaired) electrons. The predicted molar refractivity (Wildman–Crippen MR) is 94.9 cm³/mol. The van der Waals surface area contributed by atoms with Crippen LogP contribution in [0, 0.1) is 12.8 Å². The van der Waals surface area contributed by atoms with Crippen molar-refractivity contribution in [3.8, 4) is 0 Å². The summed E-state index contributed by atoms with van der Waals surface area (Å²) in [6.07, 6.45) is 3.92. The molecule has 0 aromatic carbocycles. The molecule has 0 bridgehead atoms. The molecule has 6 heteroatoms. The first kappa shape index (κ1) is 16.9. The summed E-state index contributed by atoms with van der Waals surface area (Å²) in [5.41, 5.74) is 8.27. The zero-order chi connectivity index (χ0) is 17.4.